The van der Waals surface area contributed by atoms with Gasteiger partial charge in [0.25, 0.3) is 0 Å². The van der Waals surface area contributed by atoms with Gasteiger partial charge in [-0.2, -0.15) is 4.98 Å². The van der Waals surface area contributed by atoms with E-state index in [4.69, 9.17) is 4.74 Å². The second-order valence-corrected chi connectivity index (χ2v) is 4.22. The van der Waals surface area contributed by atoms with E-state index in [1.54, 1.807) is 12.3 Å². The molecule has 1 N–H and O–H groups in total. The molecule has 2 aromatic rings. The van der Waals surface area contributed by atoms with E-state index < -0.39 is 0 Å². The van der Waals surface area contributed by atoms with Crippen molar-refractivity contribution < 1.29 is 4.74 Å². The lowest BCUT2D eigenvalue weighted by Gasteiger charge is -2.06. The monoisotopic (exact) mass is 293 g/mol. The van der Waals surface area contributed by atoms with Gasteiger partial charge in [0.1, 0.15) is 5.75 Å². The maximum Gasteiger partial charge on any atom is 0.225 e. The van der Waals surface area contributed by atoms with Gasteiger partial charge >= 0.3 is 0 Å². The predicted molar refractivity (Wildman–Crippen MR) is 70.4 cm³/mol. The number of aromatic nitrogens is 2. The first kappa shape index (κ1) is 11.9. The van der Waals surface area contributed by atoms with Crippen molar-refractivity contribution in [1.29, 1.82) is 0 Å². The molecule has 0 aliphatic carbocycles. The number of nitrogens with one attached hydrogen (secondary N) is 1. The van der Waals surface area contributed by atoms with Crippen molar-refractivity contribution >= 4 is 21.9 Å². The third-order valence-electron chi connectivity index (χ3n) is 1.98. The van der Waals surface area contributed by atoms with Gasteiger partial charge in [-0.05, 0) is 25.1 Å². The quantitative estimate of drug-likeness (QED) is 0.938. The molecular formula is C12H12BrN3O. The number of hydrogen-bond donors (Lipinski definition) is 1. The maximum atomic E-state index is 5.63. The SMILES string of the molecule is CCNc1nccc(Oc2cccc(Br)c2)n1. The average molecular weight is 294 g/mol. The van der Waals surface area contributed by atoms with Gasteiger partial charge in [0.15, 0.2) is 0 Å². The lowest BCUT2D eigenvalue weighted by atomic mass is 10.3. The Bertz CT molecular complexity index is 505. The largest absolute Gasteiger partial charge is 0.439 e. The molecule has 0 atom stereocenters. The Balaban J connectivity index is 2.15. The first-order valence-corrected chi connectivity index (χ1v) is 6.07. The molecule has 2 rings (SSSR count). The molecule has 0 aliphatic rings. The highest BCUT2D eigenvalue weighted by Crippen LogP contribution is 2.23. The van der Waals surface area contributed by atoms with Crippen LogP contribution in [0.3, 0.4) is 0 Å². The number of hydrogen-bond acceptors (Lipinski definition) is 4. The molecule has 0 amide bonds. The van der Waals surface area contributed by atoms with Crippen molar-refractivity contribution in [2.24, 2.45) is 0 Å². The summed E-state index contributed by atoms with van der Waals surface area (Å²) in [5, 5.41) is 3.03. The highest BCUT2D eigenvalue weighted by molar-refractivity contribution is 9.10. The Morgan fingerprint density at radius 2 is 2.24 bits per heavy atom. The summed E-state index contributed by atoms with van der Waals surface area (Å²) in [5.41, 5.74) is 0. The van der Waals surface area contributed by atoms with Crippen LogP contribution in [0.15, 0.2) is 41.0 Å². The minimum Gasteiger partial charge on any atom is -0.439 e. The maximum absolute atomic E-state index is 5.63. The van der Waals surface area contributed by atoms with E-state index in [-0.39, 0.29) is 0 Å². The lowest BCUT2D eigenvalue weighted by molar-refractivity contribution is 0.462. The Kier molecular flexibility index (Phi) is 3.93. The van der Waals surface area contributed by atoms with Crippen LogP contribution < -0.4 is 10.1 Å². The predicted octanol–water partition coefficient (Wildman–Crippen LogP) is 3.46. The topological polar surface area (TPSA) is 47.0 Å². The number of halogens is 1. The van der Waals surface area contributed by atoms with Crippen molar-refractivity contribution in [1.82, 2.24) is 9.97 Å². The van der Waals surface area contributed by atoms with Crippen LogP contribution in [0.25, 0.3) is 0 Å². The van der Waals surface area contributed by atoms with E-state index in [1.807, 2.05) is 31.2 Å². The van der Waals surface area contributed by atoms with Gasteiger partial charge in [0.05, 0.1) is 0 Å². The molecule has 5 heteroatoms. The highest BCUT2D eigenvalue weighted by atomic mass is 79.9. The van der Waals surface area contributed by atoms with E-state index in [1.165, 1.54) is 0 Å². The van der Waals surface area contributed by atoms with E-state index in [0.29, 0.717) is 11.8 Å². The third-order valence-corrected chi connectivity index (χ3v) is 2.48. The summed E-state index contributed by atoms with van der Waals surface area (Å²) in [6.07, 6.45) is 1.66. The Morgan fingerprint density at radius 1 is 1.35 bits per heavy atom. The summed E-state index contributed by atoms with van der Waals surface area (Å²) in [7, 11) is 0. The van der Waals surface area contributed by atoms with Gasteiger partial charge < -0.3 is 10.1 Å². The fourth-order valence-electron chi connectivity index (χ4n) is 1.29. The summed E-state index contributed by atoms with van der Waals surface area (Å²) in [6.45, 7) is 2.77. The molecule has 0 radical (unpaired) electrons. The normalized spacial score (nSPS) is 10.0. The highest BCUT2D eigenvalue weighted by Gasteiger charge is 2.01. The zero-order chi connectivity index (χ0) is 12.1. The Labute approximate surface area is 108 Å². The molecule has 0 bridgehead atoms. The molecule has 0 saturated heterocycles. The van der Waals surface area contributed by atoms with Crippen molar-refractivity contribution in [3.63, 3.8) is 0 Å². The molecule has 17 heavy (non-hydrogen) atoms. The van der Waals surface area contributed by atoms with Crippen LogP contribution in [0.4, 0.5) is 5.95 Å². The molecule has 0 saturated carbocycles. The van der Waals surface area contributed by atoms with Crippen molar-refractivity contribution in [3.05, 3.63) is 41.0 Å². The van der Waals surface area contributed by atoms with Crippen LogP contribution in [-0.2, 0) is 0 Å². The third kappa shape index (κ3) is 3.42. The molecule has 1 aromatic heterocycles. The Morgan fingerprint density at radius 3 is 3.00 bits per heavy atom. The van der Waals surface area contributed by atoms with E-state index in [0.717, 1.165) is 16.8 Å². The molecule has 88 valence electrons. The van der Waals surface area contributed by atoms with E-state index >= 15 is 0 Å². The second kappa shape index (κ2) is 5.63. The summed E-state index contributed by atoms with van der Waals surface area (Å²) >= 11 is 3.39. The summed E-state index contributed by atoms with van der Waals surface area (Å²) in [6, 6.07) is 9.33. The fourth-order valence-corrected chi connectivity index (χ4v) is 1.67. The summed E-state index contributed by atoms with van der Waals surface area (Å²) in [5.74, 6) is 1.83. The molecule has 0 spiro atoms. The van der Waals surface area contributed by atoms with Gasteiger partial charge in [-0.25, -0.2) is 4.98 Å². The van der Waals surface area contributed by atoms with Crippen LogP contribution in [0, 0.1) is 0 Å². The summed E-state index contributed by atoms with van der Waals surface area (Å²) in [4.78, 5) is 8.30. The van der Waals surface area contributed by atoms with Gasteiger partial charge in [-0.1, -0.05) is 22.0 Å². The summed E-state index contributed by atoms with van der Waals surface area (Å²) < 4.78 is 6.59. The van der Waals surface area contributed by atoms with Gasteiger partial charge in [0.2, 0.25) is 11.8 Å². The van der Waals surface area contributed by atoms with Crippen molar-refractivity contribution in [2.45, 2.75) is 6.92 Å². The molecule has 0 aliphatic heterocycles. The Hall–Kier alpha value is -1.62. The number of benzene rings is 1. The molecular weight excluding hydrogens is 282 g/mol. The average Bonchev–Trinajstić information content (AvgIpc) is 2.30. The standard InChI is InChI=1S/C12H12BrN3O/c1-2-14-12-15-7-6-11(16-12)17-10-5-3-4-9(13)8-10/h3-8H,2H2,1H3,(H,14,15,16). The first-order valence-electron chi connectivity index (χ1n) is 5.28. The van der Waals surface area contributed by atoms with Crippen LogP contribution in [-0.4, -0.2) is 16.5 Å². The van der Waals surface area contributed by atoms with E-state index in [9.17, 15) is 0 Å². The molecule has 0 unspecified atom stereocenters. The molecule has 4 nitrogen and oxygen atoms in total. The van der Waals surface area contributed by atoms with Crippen LogP contribution in [0.5, 0.6) is 11.6 Å². The number of nitrogens with zero attached hydrogens (tertiary/aromatic N) is 2. The second-order valence-electron chi connectivity index (χ2n) is 3.31. The number of anilines is 1. The minimum atomic E-state index is 0.522. The number of rotatable bonds is 4. The smallest absolute Gasteiger partial charge is 0.225 e. The lowest BCUT2D eigenvalue weighted by Crippen LogP contribution is -2.02. The van der Waals surface area contributed by atoms with Crippen molar-refractivity contribution in [2.75, 3.05) is 11.9 Å². The minimum absolute atomic E-state index is 0.522. The fraction of sp³-hybridized carbons (Fsp3) is 0.167. The van der Waals surface area contributed by atoms with Crippen LogP contribution in [0.1, 0.15) is 6.92 Å². The van der Waals surface area contributed by atoms with Crippen molar-refractivity contribution in [3.8, 4) is 11.6 Å². The van der Waals surface area contributed by atoms with Crippen LogP contribution in [0.2, 0.25) is 0 Å². The van der Waals surface area contributed by atoms with Crippen LogP contribution >= 0.6 is 15.9 Å². The molecule has 1 heterocycles. The zero-order valence-electron chi connectivity index (χ0n) is 9.35. The first-order chi connectivity index (χ1) is 8.28. The molecule has 1 aromatic carbocycles. The molecule has 0 fully saturated rings. The van der Waals surface area contributed by atoms with Gasteiger partial charge in [-0.15, -0.1) is 0 Å². The van der Waals surface area contributed by atoms with Gasteiger partial charge in [0, 0.05) is 23.3 Å². The number of ether oxygens (including phenoxy) is 1. The van der Waals surface area contributed by atoms with E-state index in [2.05, 4.69) is 31.2 Å². The van der Waals surface area contributed by atoms with Gasteiger partial charge in [-0.3, -0.25) is 0 Å². The zero-order valence-corrected chi connectivity index (χ0v) is 10.9.